The number of carbonyl (C=O) groups excluding carboxylic acids is 2. The number of hydrogen-bond acceptors (Lipinski definition) is 3. The Bertz CT molecular complexity index is 1100. The summed E-state index contributed by atoms with van der Waals surface area (Å²) in [5.41, 5.74) is 5.05. The fraction of sp³-hybridized carbons (Fsp3) is 0.308. The predicted molar refractivity (Wildman–Crippen MR) is 127 cm³/mol. The standard InChI is InChI=1S/C26H31N3O3/c1-17(2)28(5)26(31)21-9-7-20(8-10-21)16-27-25(30)24-15-18(3)29(19(24)4)22-11-13-23(32-6)14-12-22/h7-15,17H,16H2,1-6H3,(H,27,30). The molecule has 0 radical (unpaired) electrons. The molecule has 1 N–H and O–H groups in total. The van der Waals surface area contributed by atoms with Crippen LogP contribution in [0.15, 0.2) is 54.6 Å². The number of nitrogens with one attached hydrogen (secondary N) is 1. The Morgan fingerprint density at radius 2 is 1.66 bits per heavy atom. The van der Waals surface area contributed by atoms with E-state index < -0.39 is 0 Å². The molecule has 0 aliphatic rings. The van der Waals surface area contributed by atoms with Crippen molar-refractivity contribution < 1.29 is 14.3 Å². The normalized spacial score (nSPS) is 10.8. The van der Waals surface area contributed by atoms with Gasteiger partial charge in [-0.15, -0.1) is 0 Å². The minimum Gasteiger partial charge on any atom is -0.497 e. The molecule has 32 heavy (non-hydrogen) atoms. The summed E-state index contributed by atoms with van der Waals surface area (Å²) in [6.07, 6.45) is 0. The molecule has 0 aliphatic carbocycles. The molecule has 0 atom stereocenters. The van der Waals surface area contributed by atoms with Crippen LogP contribution in [0.4, 0.5) is 0 Å². The van der Waals surface area contributed by atoms with Crippen LogP contribution >= 0.6 is 0 Å². The van der Waals surface area contributed by atoms with E-state index in [9.17, 15) is 9.59 Å². The molecule has 0 aliphatic heterocycles. The first-order valence-corrected chi connectivity index (χ1v) is 10.7. The molecule has 168 valence electrons. The van der Waals surface area contributed by atoms with Crippen molar-refractivity contribution in [2.75, 3.05) is 14.2 Å². The fourth-order valence-corrected chi connectivity index (χ4v) is 3.60. The number of benzene rings is 2. The molecule has 0 unspecified atom stereocenters. The molecule has 2 amide bonds. The average molecular weight is 434 g/mol. The number of methoxy groups -OCH3 is 1. The number of rotatable bonds is 7. The van der Waals surface area contributed by atoms with Gasteiger partial charge in [0.15, 0.2) is 0 Å². The summed E-state index contributed by atoms with van der Waals surface area (Å²) < 4.78 is 7.29. The highest BCUT2D eigenvalue weighted by molar-refractivity contribution is 5.96. The number of ether oxygens (including phenoxy) is 1. The number of nitrogens with zero attached hydrogens (tertiary/aromatic N) is 2. The van der Waals surface area contributed by atoms with Crippen molar-refractivity contribution in [2.24, 2.45) is 0 Å². The van der Waals surface area contributed by atoms with E-state index in [-0.39, 0.29) is 17.9 Å². The molecule has 2 aromatic carbocycles. The van der Waals surface area contributed by atoms with Crippen molar-refractivity contribution in [3.8, 4) is 11.4 Å². The van der Waals surface area contributed by atoms with Gasteiger partial charge in [0.1, 0.15) is 5.75 Å². The van der Waals surface area contributed by atoms with Crippen LogP contribution in [-0.2, 0) is 6.54 Å². The maximum Gasteiger partial charge on any atom is 0.253 e. The summed E-state index contributed by atoms with van der Waals surface area (Å²) in [5.74, 6) is 0.650. The molecule has 1 heterocycles. The lowest BCUT2D eigenvalue weighted by atomic mass is 10.1. The van der Waals surface area contributed by atoms with Crippen LogP contribution in [0.5, 0.6) is 5.75 Å². The molecule has 0 spiro atoms. The second-order valence-electron chi connectivity index (χ2n) is 8.21. The Morgan fingerprint density at radius 3 is 2.22 bits per heavy atom. The van der Waals surface area contributed by atoms with E-state index in [4.69, 9.17) is 4.74 Å². The van der Waals surface area contributed by atoms with Crippen molar-refractivity contribution in [1.29, 1.82) is 0 Å². The molecule has 6 heteroatoms. The smallest absolute Gasteiger partial charge is 0.253 e. The lowest BCUT2D eigenvalue weighted by Crippen LogP contribution is -2.32. The molecule has 3 aromatic rings. The number of aryl methyl sites for hydroxylation is 1. The highest BCUT2D eigenvalue weighted by Gasteiger charge is 2.17. The summed E-state index contributed by atoms with van der Waals surface area (Å²) in [5, 5.41) is 2.99. The van der Waals surface area contributed by atoms with E-state index in [0.29, 0.717) is 17.7 Å². The number of carbonyl (C=O) groups is 2. The maximum atomic E-state index is 12.9. The first-order chi connectivity index (χ1) is 15.2. The quantitative estimate of drug-likeness (QED) is 0.596. The summed E-state index contributed by atoms with van der Waals surface area (Å²) in [6, 6.07) is 17.2. The van der Waals surface area contributed by atoms with Crippen LogP contribution in [-0.4, -0.2) is 41.5 Å². The second kappa shape index (κ2) is 9.73. The number of aromatic nitrogens is 1. The first kappa shape index (κ1) is 23.1. The van der Waals surface area contributed by atoms with Gasteiger partial charge in [-0.25, -0.2) is 0 Å². The zero-order valence-electron chi connectivity index (χ0n) is 19.6. The van der Waals surface area contributed by atoms with Gasteiger partial charge in [-0.2, -0.15) is 0 Å². The van der Waals surface area contributed by atoms with Gasteiger partial charge < -0.3 is 19.5 Å². The van der Waals surface area contributed by atoms with Gasteiger partial charge in [0, 0.05) is 42.3 Å². The number of hydrogen-bond donors (Lipinski definition) is 1. The molecule has 1 aromatic heterocycles. The number of amides is 2. The lowest BCUT2D eigenvalue weighted by molar-refractivity contribution is 0.0754. The Labute approximate surface area is 189 Å². The minimum absolute atomic E-state index is 0.0124. The van der Waals surface area contributed by atoms with Crippen LogP contribution in [0.1, 0.15) is 51.5 Å². The summed E-state index contributed by atoms with van der Waals surface area (Å²) in [4.78, 5) is 27.0. The van der Waals surface area contributed by atoms with Crippen LogP contribution in [0.25, 0.3) is 5.69 Å². The van der Waals surface area contributed by atoms with Gasteiger partial charge in [-0.1, -0.05) is 12.1 Å². The molecule has 0 bridgehead atoms. The molecule has 0 fully saturated rings. The Balaban J connectivity index is 1.69. The van der Waals surface area contributed by atoms with Crippen molar-refractivity contribution in [1.82, 2.24) is 14.8 Å². The first-order valence-electron chi connectivity index (χ1n) is 10.7. The lowest BCUT2D eigenvalue weighted by Gasteiger charge is -2.21. The molecule has 3 rings (SSSR count). The summed E-state index contributed by atoms with van der Waals surface area (Å²) in [6.45, 7) is 8.27. The van der Waals surface area contributed by atoms with E-state index in [1.54, 1.807) is 31.2 Å². The van der Waals surface area contributed by atoms with E-state index >= 15 is 0 Å². The van der Waals surface area contributed by atoms with Gasteiger partial charge in [-0.3, -0.25) is 9.59 Å². The third kappa shape index (κ3) is 4.85. The molecular formula is C26H31N3O3. The van der Waals surface area contributed by atoms with E-state index in [2.05, 4.69) is 9.88 Å². The van der Waals surface area contributed by atoms with Crippen LogP contribution in [0.2, 0.25) is 0 Å². The minimum atomic E-state index is -0.127. The van der Waals surface area contributed by atoms with Crippen LogP contribution in [0, 0.1) is 13.8 Å². The largest absolute Gasteiger partial charge is 0.497 e. The molecule has 6 nitrogen and oxygen atoms in total. The van der Waals surface area contributed by atoms with Gasteiger partial charge in [0.05, 0.1) is 12.7 Å². The fourth-order valence-electron chi connectivity index (χ4n) is 3.60. The third-order valence-corrected chi connectivity index (χ3v) is 5.76. The van der Waals surface area contributed by atoms with Crippen LogP contribution in [0.3, 0.4) is 0 Å². The molecular weight excluding hydrogens is 402 g/mol. The topological polar surface area (TPSA) is 63.6 Å². The monoisotopic (exact) mass is 433 g/mol. The molecule has 0 saturated heterocycles. The van der Waals surface area contributed by atoms with E-state index in [1.807, 2.05) is 70.2 Å². The summed E-state index contributed by atoms with van der Waals surface area (Å²) in [7, 11) is 3.43. The SMILES string of the molecule is COc1ccc(-n2c(C)cc(C(=O)NCc3ccc(C(=O)N(C)C(C)C)cc3)c2C)cc1. The zero-order valence-corrected chi connectivity index (χ0v) is 19.6. The van der Waals surface area contributed by atoms with Gasteiger partial charge >= 0.3 is 0 Å². The second-order valence-corrected chi connectivity index (χ2v) is 8.21. The zero-order chi connectivity index (χ0) is 23.4. The van der Waals surface area contributed by atoms with Gasteiger partial charge in [-0.05, 0) is 75.7 Å². The van der Waals surface area contributed by atoms with E-state index in [0.717, 1.165) is 28.4 Å². The Kier molecular flexibility index (Phi) is 7.03. The average Bonchev–Trinajstić information content (AvgIpc) is 3.10. The van der Waals surface area contributed by atoms with Crippen molar-refractivity contribution in [3.63, 3.8) is 0 Å². The highest BCUT2D eigenvalue weighted by atomic mass is 16.5. The van der Waals surface area contributed by atoms with Crippen molar-refractivity contribution in [3.05, 3.63) is 82.7 Å². The Hall–Kier alpha value is -3.54. The summed E-state index contributed by atoms with van der Waals surface area (Å²) >= 11 is 0. The third-order valence-electron chi connectivity index (χ3n) is 5.76. The highest BCUT2D eigenvalue weighted by Crippen LogP contribution is 2.23. The van der Waals surface area contributed by atoms with Gasteiger partial charge in [0.2, 0.25) is 0 Å². The predicted octanol–water partition coefficient (Wildman–Crippen LogP) is 4.51. The van der Waals surface area contributed by atoms with Crippen molar-refractivity contribution in [2.45, 2.75) is 40.3 Å². The van der Waals surface area contributed by atoms with Crippen LogP contribution < -0.4 is 10.1 Å². The van der Waals surface area contributed by atoms with Crippen molar-refractivity contribution >= 4 is 11.8 Å². The van der Waals surface area contributed by atoms with E-state index in [1.165, 1.54) is 0 Å². The molecule has 0 saturated carbocycles. The maximum absolute atomic E-state index is 12.9. The Morgan fingerprint density at radius 1 is 1.03 bits per heavy atom. The van der Waals surface area contributed by atoms with Gasteiger partial charge in [0.25, 0.3) is 11.8 Å².